The molecular weight excluding hydrogens is 252 g/mol. The molecule has 1 nitrogen and oxygen atoms in total. The molecule has 0 heterocycles. The third-order valence-corrected chi connectivity index (χ3v) is 3.94. The van der Waals surface area contributed by atoms with Crippen LogP contribution >= 0.6 is 15.9 Å². The summed E-state index contributed by atoms with van der Waals surface area (Å²) in [5.74, 6) is 1.10. The van der Waals surface area contributed by atoms with E-state index in [0.29, 0.717) is 10.9 Å². The van der Waals surface area contributed by atoms with Crippen LogP contribution in [0.15, 0.2) is 12.1 Å². The molecule has 2 rings (SSSR count). The predicted molar refractivity (Wildman–Crippen MR) is 67.0 cm³/mol. The zero-order valence-corrected chi connectivity index (χ0v) is 11.1. The second-order valence-corrected chi connectivity index (χ2v) is 5.76. The lowest BCUT2D eigenvalue weighted by atomic mass is 9.95. The zero-order valence-electron chi connectivity index (χ0n) is 9.51. The van der Waals surface area contributed by atoms with Crippen molar-refractivity contribution in [2.75, 3.05) is 0 Å². The van der Waals surface area contributed by atoms with Gasteiger partial charge in [-0.25, -0.2) is 0 Å². The Bertz CT molecular complexity index is 367. The van der Waals surface area contributed by atoms with Crippen LogP contribution in [0.5, 0.6) is 5.75 Å². The standard InChI is InChI=1S/C13H17BrO/c1-8-4-5-9(2)13(10(8)3)15-12-6-11(14)7-12/h4-5,11-12H,6-7H2,1-3H3. The second kappa shape index (κ2) is 4.17. The molecule has 1 aliphatic carbocycles. The van der Waals surface area contributed by atoms with E-state index in [1.54, 1.807) is 0 Å². The summed E-state index contributed by atoms with van der Waals surface area (Å²) in [5, 5.41) is 0. The molecule has 2 heteroatoms. The van der Waals surface area contributed by atoms with Gasteiger partial charge in [-0.3, -0.25) is 0 Å². The summed E-state index contributed by atoms with van der Waals surface area (Å²) in [6.07, 6.45) is 2.67. The van der Waals surface area contributed by atoms with Crippen LogP contribution in [0.2, 0.25) is 0 Å². The summed E-state index contributed by atoms with van der Waals surface area (Å²) >= 11 is 3.59. The lowest BCUT2D eigenvalue weighted by molar-refractivity contribution is 0.126. The molecule has 1 saturated carbocycles. The number of rotatable bonds is 2. The Morgan fingerprint density at radius 1 is 1.13 bits per heavy atom. The van der Waals surface area contributed by atoms with Gasteiger partial charge >= 0.3 is 0 Å². The summed E-state index contributed by atoms with van der Waals surface area (Å²) in [4.78, 5) is 0.660. The Balaban J connectivity index is 2.16. The molecule has 15 heavy (non-hydrogen) atoms. The normalized spacial score (nSPS) is 24.8. The molecule has 1 aliphatic rings. The first kappa shape index (κ1) is 11.0. The fraction of sp³-hybridized carbons (Fsp3) is 0.538. The van der Waals surface area contributed by atoms with Crippen LogP contribution in [0.25, 0.3) is 0 Å². The fourth-order valence-corrected chi connectivity index (χ4v) is 2.71. The molecule has 1 fully saturated rings. The summed E-state index contributed by atoms with van der Waals surface area (Å²) < 4.78 is 6.03. The number of hydrogen-bond donors (Lipinski definition) is 0. The van der Waals surface area contributed by atoms with Gasteiger partial charge in [0.1, 0.15) is 11.9 Å². The van der Waals surface area contributed by atoms with Gasteiger partial charge < -0.3 is 4.74 Å². The van der Waals surface area contributed by atoms with Crippen molar-refractivity contribution >= 4 is 15.9 Å². The average molecular weight is 269 g/mol. The fourth-order valence-electron chi connectivity index (χ4n) is 1.87. The first-order chi connectivity index (χ1) is 7.08. The van der Waals surface area contributed by atoms with E-state index in [-0.39, 0.29) is 0 Å². The highest BCUT2D eigenvalue weighted by molar-refractivity contribution is 9.09. The molecule has 0 aromatic heterocycles. The van der Waals surface area contributed by atoms with Crippen LogP contribution in [0.1, 0.15) is 29.5 Å². The summed E-state index contributed by atoms with van der Waals surface area (Å²) in [6.45, 7) is 6.39. The maximum atomic E-state index is 6.03. The number of ether oxygens (including phenoxy) is 1. The lowest BCUT2D eigenvalue weighted by Gasteiger charge is -2.32. The molecule has 0 saturated heterocycles. The maximum absolute atomic E-state index is 6.03. The van der Waals surface area contributed by atoms with Crippen LogP contribution in [-0.2, 0) is 0 Å². The van der Waals surface area contributed by atoms with E-state index in [0.717, 1.165) is 18.6 Å². The molecule has 0 atom stereocenters. The van der Waals surface area contributed by atoms with Crippen molar-refractivity contribution in [2.24, 2.45) is 0 Å². The van der Waals surface area contributed by atoms with E-state index in [2.05, 4.69) is 48.8 Å². The van der Waals surface area contributed by atoms with E-state index in [9.17, 15) is 0 Å². The number of aryl methyl sites for hydroxylation is 2. The Morgan fingerprint density at radius 2 is 1.73 bits per heavy atom. The van der Waals surface area contributed by atoms with Crippen molar-refractivity contribution in [3.63, 3.8) is 0 Å². The third-order valence-electron chi connectivity index (χ3n) is 3.20. The number of hydrogen-bond acceptors (Lipinski definition) is 1. The van der Waals surface area contributed by atoms with Crippen molar-refractivity contribution < 1.29 is 4.74 Å². The highest BCUT2D eigenvalue weighted by Gasteiger charge is 2.29. The molecule has 0 spiro atoms. The lowest BCUT2D eigenvalue weighted by Crippen LogP contribution is -2.34. The van der Waals surface area contributed by atoms with Crippen LogP contribution in [0, 0.1) is 20.8 Å². The van der Waals surface area contributed by atoms with Crippen LogP contribution in [-0.4, -0.2) is 10.9 Å². The van der Waals surface area contributed by atoms with Crippen LogP contribution in [0.4, 0.5) is 0 Å². The van der Waals surface area contributed by atoms with Crippen LogP contribution in [0.3, 0.4) is 0 Å². The minimum Gasteiger partial charge on any atom is -0.490 e. The van der Waals surface area contributed by atoms with Crippen molar-refractivity contribution in [3.05, 3.63) is 28.8 Å². The van der Waals surface area contributed by atoms with Crippen LogP contribution < -0.4 is 4.74 Å². The molecule has 0 bridgehead atoms. The topological polar surface area (TPSA) is 9.23 Å². The molecule has 0 amide bonds. The van der Waals surface area contributed by atoms with E-state index in [1.807, 2.05) is 0 Å². The Labute approximate surface area is 100.0 Å². The van der Waals surface area contributed by atoms with Gasteiger partial charge in [0.2, 0.25) is 0 Å². The smallest absolute Gasteiger partial charge is 0.125 e. The van der Waals surface area contributed by atoms with Crippen molar-refractivity contribution in [2.45, 2.75) is 44.5 Å². The van der Waals surface area contributed by atoms with Crippen molar-refractivity contribution in [1.29, 1.82) is 0 Å². The highest BCUT2D eigenvalue weighted by Crippen LogP contribution is 2.34. The molecule has 1 aromatic carbocycles. The van der Waals surface area contributed by atoms with E-state index >= 15 is 0 Å². The second-order valence-electron chi connectivity index (χ2n) is 4.46. The molecule has 0 radical (unpaired) electrons. The first-order valence-electron chi connectivity index (χ1n) is 5.45. The van der Waals surface area contributed by atoms with E-state index in [4.69, 9.17) is 4.74 Å². The Kier molecular flexibility index (Phi) is 3.06. The number of alkyl halides is 1. The summed E-state index contributed by atoms with van der Waals surface area (Å²) in [7, 11) is 0. The predicted octanol–water partition coefficient (Wildman–Crippen LogP) is 3.92. The third kappa shape index (κ3) is 2.20. The van der Waals surface area contributed by atoms with Crippen molar-refractivity contribution in [3.8, 4) is 5.75 Å². The molecule has 1 aromatic rings. The molecular formula is C13H17BrO. The van der Waals surface area contributed by atoms with Crippen molar-refractivity contribution in [1.82, 2.24) is 0 Å². The van der Waals surface area contributed by atoms with Gasteiger partial charge in [-0.15, -0.1) is 0 Å². The quantitative estimate of drug-likeness (QED) is 0.739. The van der Waals surface area contributed by atoms with Gasteiger partial charge in [-0.05, 0) is 50.3 Å². The van der Waals surface area contributed by atoms with Gasteiger partial charge in [0, 0.05) is 4.83 Å². The number of halogens is 1. The highest BCUT2D eigenvalue weighted by atomic mass is 79.9. The Hall–Kier alpha value is -0.500. The maximum Gasteiger partial charge on any atom is 0.125 e. The largest absolute Gasteiger partial charge is 0.490 e. The molecule has 0 unspecified atom stereocenters. The Morgan fingerprint density at radius 3 is 2.33 bits per heavy atom. The minimum atomic E-state index is 0.411. The average Bonchev–Trinajstić information content (AvgIpc) is 2.15. The molecule has 0 aliphatic heterocycles. The summed E-state index contributed by atoms with van der Waals surface area (Å²) in [6, 6.07) is 4.30. The van der Waals surface area contributed by atoms with Gasteiger partial charge in [0.05, 0.1) is 0 Å². The summed E-state index contributed by atoms with van der Waals surface area (Å²) in [5.41, 5.74) is 3.84. The molecule has 82 valence electrons. The monoisotopic (exact) mass is 268 g/mol. The van der Waals surface area contributed by atoms with Gasteiger partial charge in [-0.1, -0.05) is 28.1 Å². The number of benzene rings is 1. The van der Waals surface area contributed by atoms with Gasteiger partial charge in [-0.2, -0.15) is 0 Å². The molecule has 0 N–H and O–H groups in total. The van der Waals surface area contributed by atoms with E-state index < -0.39 is 0 Å². The van der Waals surface area contributed by atoms with Gasteiger partial charge in [0.25, 0.3) is 0 Å². The van der Waals surface area contributed by atoms with E-state index in [1.165, 1.54) is 16.7 Å². The first-order valence-corrected chi connectivity index (χ1v) is 6.37. The minimum absolute atomic E-state index is 0.411. The zero-order chi connectivity index (χ0) is 11.0. The SMILES string of the molecule is Cc1ccc(C)c(OC2CC(Br)C2)c1C. The van der Waals surface area contributed by atoms with Gasteiger partial charge in [0.15, 0.2) is 0 Å².